The van der Waals surface area contributed by atoms with Crippen LogP contribution in [0.2, 0.25) is 0 Å². The van der Waals surface area contributed by atoms with Crippen molar-refractivity contribution in [3.8, 4) is 5.75 Å². The molecular formula is C11H10N2O. The third kappa shape index (κ3) is 1.80. The summed E-state index contributed by atoms with van der Waals surface area (Å²) in [5.74, 6) is 0.938. The van der Waals surface area contributed by atoms with Gasteiger partial charge < -0.3 is 4.74 Å². The van der Waals surface area contributed by atoms with Crippen LogP contribution in [0.1, 0.15) is 0 Å². The van der Waals surface area contributed by atoms with E-state index in [1.54, 1.807) is 7.11 Å². The molecule has 0 radical (unpaired) electrons. The van der Waals surface area contributed by atoms with Gasteiger partial charge in [-0.25, -0.2) is 0 Å². The maximum Gasteiger partial charge on any atom is 0.126 e. The molecule has 0 aliphatic carbocycles. The van der Waals surface area contributed by atoms with Crippen LogP contribution >= 0.6 is 0 Å². The predicted octanol–water partition coefficient (Wildman–Crippen LogP) is 2.88. The molecule has 0 aliphatic heterocycles. The number of hydrogen-bond acceptors (Lipinski definition) is 3. The lowest BCUT2D eigenvalue weighted by atomic mass is 10.1. The van der Waals surface area contributed by atoms with Gasteiger partial charge in [0.2, 0.25) is 0 Å². The van der Waals surface area contributed by atoms with E-state index in [1.807, 2.05) is 24.3 Å². The van der Waals surface area contributed by atoms with E-state index in [0.29, 0.717) is 0 Å². The first-order chi connectivity index (χ1) is 6.92. The summed E-state index contributed by atoms with van der Waals surface area (Å²) in [6, 6.07) is 14.2. The van der Waals surface area contributed by atoms with E-state index >= 15 is 0 Å². The number of nitrogens with zero attached hydrogens (tertiary/aromatic N) is 2. The van der Waals surface area contributed by atoms with Gasteiger partial charge in [-0.2, -0.15) is 0 Å². The first-order valence-corrected chi connectivity index (χ1v) is 4.13. The van der Waals surface area contributed by atoms with E-state index in [-0.39, 0.29) is 0 Å². The van der Waals surface area contributed by atoms with Gasteiger partial charge in [-0.05, 0) is 11.5 Å². The molecular weight excluding hydrogens is 176 g/mol. The normalized spacial score (nSPS) is 8.79. The standard InChI is InChI=1S/C11H10O.N2/c1-12-11-8-4-6-9-5-2-3-7-10(9)11;1-2/h2-8H,1H3;. The molecule has 2 aromatic rings. The van der Waals surface area contributed by atoms with Gasteiger partial charge in [0.15, 0.2) is 0 Å². The lowest BCUT2D eigenvalue weighted by molar-refractivity contribution is 0.420. The quantitative estimate of drug-likeness (QED) is 0.643. The van der Waals surface area contributed by atoms with E-state index in [2.05, 4.69) is 18.2 Å². The zero-order chi connectivity index (χ0) is 10.4. The second kappa shape index (κ2) is 4.83. The molecule has 0 saturated heterocycles. The van der Waals surface area contributed by atoms with Gasteiger partial charge in [0.1, 0.15) is 5.75 Å². The van der Waals surface area contributed by atoms with Gasteiger partial charge in [0.25, 0.3) is 0 Å². The fraction of sp³-hybridized carbons (Fsp3) is 0.0909. The van der Waals surface area contributed by atoms with Crippen LogP contribution < -0.4 is 4.74 Å². The Morgan fingerprint density at radius 1 is 0.929 bits per heavy atom. The predicted molar refractivity (Wildman–Crippen MR) is 54.0 cm³/mol. The Bertz CT molecular complexity index is 432. The third-order valence-corrected chi connectivity index (χ3v) is 1.97. The smallest absolute Gasteiger partial charge is 0.126 e. The SMILES string of the molecule is COc1cccc2ccccc12.N#N. The Labute approximate surface area is 82.3 Å². The van der Waals surface area contributed by atoms with Crippen molar-refractivity contribution < 1.29 is 4.74 Å². The summed E-state index contributed by atoms with van der Waals surface area (Å²) in [4.78, 5) is 0. The van der Waals surface area contributed by atoms with Crippen LogP contribution in [0, 0.1) is 10.8 Å². The summed E-state index contributed by atoms with van der Waals surface area (Å²) in [5.41, 5.74) is 0. The van der Waals surface area contributed by atoms with E-state index in [9.17, 15) is 0 Å². The van der Waals surface area contributed by atoms with Crippen molar-refractivity contribution in [1.82, 2.24) is 0 Å². The molecule has 0 N–H and O–H groups in total. The first kappa shape index (κ1) is 10.0. The maximum absolute atomic E-state index is 6.00. The van der Waals surface area contributed by atoms with E-state index in [0.717, 1.165) is 5.75 Å². The summed E-state index contributed by atoms with van der Waals surface area (Å²) < 4.78 is 5.23. The van der Waals surface area contributed by atoms with Crippen molar-refractivity contribution in [3.63, 3.8) is 0 Å². The highest BCUT2D eigenvalue weighted by Crippen LogP contribution is 2.24. The Kier molecular flexibility index (Phi) is 3.45. The summed E-state index contributed by atoms with van der Waals surface area (Å²) in [6.45, 7) is 0. The minimum absolute atomic E-state index is 0.938. The lowest BCUT2D eigenvalue weighted by Crippen LogP contribution is -1.83. The number of methoxy groups -OCH3 is 1. The van der Waals surface area contributed by atoms with Crippen molar-refractivity contribution >= 4 is 10.8 Å². The molecule has 2 rings (SSSR count). The summed E-state index contributed by atoms with van der Waals surface area (Å²) >= 11 is 0. The van der Waals surface area contributed by atoms with Crippen LogP contribution in [0.15, 0.2) is 42.5 Å². The number of ether oxygens (including phenoxy) is 1. The molecule has 0 saturated carbocycles. The fourth-order valence-electron chi connectivity index (χ4n) is 1.37. The molecule has 3 nitrogen and oxygen atoms in total. The molecule has 0 amide bonds. The topological polar surface area (TPSA) is 56.8 Å². The summed E-state index contributed by atoms with van der Waals surface area (Å²) in [5, 5.41) is 14.4. The highest BCUT2D eigenvalue weighted by Gasteiger charge is 1.96. The number of fused-ring (bicyclic) bond motifs is 1. The lowest BCUT2D eigenvalue weighted by Gasteiger charge is -2.03. The largest absolute Gasteiger partial charge is 0.496 e. The number of benzene rings is 2. The molecule has 0 spiro atoms. The highest BCUT2D eigenvalue weighted by molar-refractivity contribution is 5.88. The van der Waals surface area contributed by atoms with Gasteiger partial charge in [-0.1, -0.05) is 36.4 Å². The average Bonchev–Trinajstić information content (AvgIpc) is 2.31. The van der Waals surface area contributed by atoms with Crippen LogP contribution in [0.5, 0.6) is 5.75 Å². The molecule has 0 aromatic heterocycles. The molecule has 0 atom stereocenters. The van der Waals surface area contributed by atoms with Crippen molar-refractivity contribution in [2.75, 3.05) is 7.11 Å². The van der Waals surface area contributed by atoms with E-state index < -0.39 is 0 Å². The van der Waals surface area contributed by atoms with Gasteiger partial charge in [0.05, 0.1) is 7.11 Å². The van der Waals surface area contributed by atoms with E-state index in [4.69, 9.17) is 15.5 Å². The summed E-state index contributed by atoms with van der Waals surface area (Å²) in [6.07, 6.45) is 0. The minimum Gasteiger partial charge on any atom is -0.496 e. The first-order valence-electron chi connectivity index (χ1n) is 4.13. The second-order valence-electron chi connectivity index (χ2n) is 2.68. The molecule has 70 valence electrons. The minimum atomic E-state index is 0.938. The number of rotatable bonds is 1. The highest BCUT2D eigenvalue weighted by atomic mass is 16.5. The Hall–Kier alpha value is -2.08. The Balaban J connectivity index is 0.000000461. The van der Waals surface area contributed by atoms with Crippen LogP contribution in [0.4, 0.5) is 0 Å². The Morgan fingerprint density at radius 3 is 2.29 bits per heavy atom. The maximum atomic E-state index is 6.00. The van der Waals surface area contributed by atoms with Crippen molar-refractivity contribution in [2.45, 2.75) is 0 Å². The molecule has 14 heavy (non-hydrogen) atoms. The average molecular weight is 186 g/mol. The molecule has 0 heterocycles. The molecule has 0 bridgehead atoms. The van der Waals surface area contributed by atoms with Crippen LogP contribution in [-0.4, -0.2) is 7.11 Å². The molecule has 0 aliphatic rings. The van der Waals surface area contributed by atoms with Crippen molar-refractivity contribution in [2.24, 2.45) is 0 Å². The third-order valence-electron chi connectivity index (χ3n) is 1.97. The monoisotopic (exact) mass is 186 g/mol. The summed E-state index contributed by atoms with van der Waals surface area (Å²) in [7, 11) is 1.70. The molecule has 0 unspecified atom stereocenters. The second-order valence-corrected chi connectivity index (χ2v) is 2.68. The Morgan fingerprint density at radius 2 is 1.57 bits per heavy atom. The number of hydrogen-bond donors (Lipinski definition) is 0. The van der Waals surface area contributed by atoms with Crippen molar-refractivity contribution in [3.05, 3.63) is 42.5 Å². The van der Waals surface area contributed by atoms with Crippen LogP contribution in [-0.2, 0) is 0 Å². The fourth-order valence-corrected chi connectivity index (χ4v) is 1.37. The zero-order valence-electron chi connectivity index (χ0n) is 7.84. The zero-order valence-corrected chi connectivity index (χ0v) is 7.84. The van der Waals surface area contributed by atoms with Gasteiger partial charge in [0, 0.05) is 16.2 Å². The molecule has 3 heteroatoms. The van der Waals surface area contributed by atoms with E-state index in [1.165, 1.54) is 10.8 Å². The van der Waals surface area contributed by atoms with Gasteiger partial charge in [-0.3, -0.25) is 0 Å². The van der Waals surface area contributed by atoms with Crippen molar-refractivity contribution in [1.29, 1.82) is 10.8 Å². The van der Waals surface area contributed by atoms with Crippen LogP contribution in [0.3, 0.4) is 0 Å². The molecule has 2 aromatic carbocycles. The van der Waals surface area contributed by atoms with Crippen LogP contribution in [0.25, 0.3) is 10.8 Å². The van der Waals surface area contributed by atoms with Gasteiger partial charge >= 0.3 is 0 Å². The van der Waals surface area contributed by atoms with Gasteiger partial charge in [-0.15, -0.1) is 0 Å². The molecule has 0 fully saturated rings.